The number of hydrogen-bond donors (Lipinski definition) is 1. The smallest absolute Gasteiger partial charge is 0.263 e. The van der Waals surface area contributed by atoms with E-state index >= 15 is 0 Å². The van der Waals surface area contributed by atoms with Crippen LogP contribution in [0.1, 0.15) is 29.5 Å². The maximum Gasteiger partial charge on any atom is 0.263 e. The predicted molar refractivity (Wildman–Crippen MR) is 221 cm³/mol. The molecular formula is C43H40BrN5O7. The Morgan fingerprint density at radius 3 is 2.05 bits per heavy atom. The fraction of sp³-hybridized carbons (Fsp3) is 0.256. The summed E-state index contributed by atoms with van der Waals surface area (Å²) in [5.41, 5.74) is 3.75. The number of hydrogen-bond acceptors (Lipinski definition) is 10. The highest BCUT2D eigenvalue weighted by atomic mass is 79.9. The van der Waals surface area contributed by atoms with Gasteiger partial charge in [-0.25, -0.2) is 0 Å². The van der Waals surface area contributed by atoms with Crippen LogP contribution in [0.25, 0.3) is 56.2 Å². The van der Waals surface area contributed by atoms with Crippen LogP contribution in [0.5, 0.6) is 11.6 Å². The minimum Gasteiger partial charge on any atom is -0.494 e. The minimum atomic E-state index is -0.502. The molecule has 0 saturated carbocycles. The molecule has 1 aliphatic carbocycles. The molecule has 0 radical (unpaired) electrons. The molecule has 0 fully saturated rings. The summed E-state index contributed by atoms with van der Waals surface area (Å²) in [5, 5.41) is 12.8. The lowest BCUT2D eigenvalue weighted by molar-refractivity contribution is 0.189. The van der Waals surface area contributed by atoms with Gasteiger partial charge in [-0.1, -0.05) is 36.4 Å². The van der Waals surface area contributed by atoms with Crippen LogP contribution < -0.4 is 26.8 Å². The first-order valence-electron chi connectivity index (χ1n) is 18.2. The second-order valence-electron chi connectivity index (χ2n) is 13.4. The molecule has 0 unspecified atom stereocenters. The zero-order valence-electron chi connectivity index (χ0n) is 31.3. The van der Waals surface area contributed by atoms with Crippen molar-refractivity contribution in [2.75, 3.05) is 40.6 Å². The van der Waals surface area contributed by atoms with Crippen molar-refractivity contribution in [3.05, 3.63) is 131 Å². The number of pyridine rings is 4. The maximum absolute atomic E-state index is 14.2. The van der Waals surface area contributed by atoms with Crippen molar-refractivity contribution in [1.29, 1.82) is 0 Å². The molecule has 12 nitrogen and oxygen atoms in total. The Hall–Kier alpha value is -5.76. The SMILES string of the molecule is COCCCn1c(O)c2cc(Br)c3c4c2c(c(=NCCOc2ccc(/C=C/c5ccc(-c6ccc(C)cn6)nc5)cc2)cc-4c(=O)n(CCCOC)c3=O)c1=O. The Morgan fingerprint density at radius 2 is 1.39 bits per heavy atom. The number of aromatic nitrogens is 4. The highest BCUT2D eigenvalue weighted by molar-refractivity contribution is 9.10. The van der Waals surface area contributed by atoms with Crippen molar-refractivity contribution in [2.24, 2.45) is 4.99 Å². The van der Waals surface area contributed by atoms with Gasteiger partial charge in [0.2, 0.25) is 5.88 Å². The van der Waals surface area contributed by atoms with Crippen molar-refractivity contribution in [1.82, 2.24) is 19.1 Å². The van der Waals surface area contributed by atoms with E-state index in [1.54, 1.807) is 26.4 Å². The van der Waals surface area contributed by atoms with E-state index in [1.807, 2.05) is 80.0 Å². The summed E-state index contributed by atoms with van der Waals surface area (Å²) >= 11 is 3.53. The molecule has 0 atom stereocenters. The van der Waals surface area contributed by atoms with Gasteiger partial charge in [0.25, 0.3) is 16.7 Å². The average molecular weight is 819 g/mol. The molecule has 286 valence electrons. The van der Waals surface area contributed by atoms with E-state index in [4.69, 9.17) is 19.2 Å². The number of ether oxygens (including phenoxy) is 3. The average Bonchev–Trinajstić information content (AvgIpc) is 3.20. The number of aromatic hydroxyl groups is 1. The molecular weight excluding hydrogens is 778 g/mol. The minimum absolute atomic E-state index is 0.150. The largest absolute Gasteiger partial charge is 0.494 e. The van der Waals surface area contributed by atoms with Gasteiger partial charge >= 0.3 is 0 Å². The molecule has 0 spiro atoms. The standard InChI is InChI=1S/C43H40BrN5O7/c1-26-6-14-33(46-24-26)34-15-11-28(25-47-34)8-7-27-9-12-29(13-10-27)56-21-16-45-35-23-31-36-37-30(40(50)49(18-5-20-55-3)43(53)39(35)37)22-32(44)38(36)42(52)48(41(31)51)17-4-19-54-2/h6-15,22-25,50H,4-5,16-21H2,1-3H3/b8-7+,45-35?. The number of benzene rings is 3. The number of halogens is 1. The summed E-state index contributed by atoms with van der Waals surface area (Å²) < 4.78 is 19.3. The fourth-order valence-corrected chi connectivity index (χ4v) is 7.45. The van der Waals surface area contributed by atoms with E-state index in [0.717, 1.165) is 28.1 Å². The first-order valence-corrected chi connectivity index (χ1v) is 19.0. The lowest BCUT2D eigenvalue weighted by Gasteiger charge is -2.20. The van der Waals surface area contributed by atoms with E-state index in [-0.39, 0.29) is 53.8 Å². The lowest BCUT2D eigenvalue weighted by Crippen LogP contribution is -2.37. The topological polar surface area (TPSA) is 147 Å². The van der Waals surface area contributed by atoms with E-state index in [9.17, 15) is 19.5 Å². The molecule has 1 N–H and O–H groups in total. The van der Waals surface area contributed by atoms with E-state index in [2.05, 4.69) is 25.9 Å². The van der Waals surface area contributed by atoms with Gasteiger partial charge in [0.1, 0.15) is 12.4 Å². The Bertz CT molecular complexity index is 2730. The maximum atomic E-state index is 14.2. The number of aryl methyl sites for hydroxylation is 1. The quantitative estimate of drug-likeness (QED) is 0.0956. The summed E-state index contributed by atoms with van der Waals surface area (Å²) in [5.74, 6) is 0.379. The summed E-state index contributed by atoms with van der Waals surface area (Å²) in [7, 11) is 3.12. The fourth-order valence-electron chi connectivity index (χ4n) is 6.85. The molecule has 0 amide bonds. The third-order valence-electron chi connectivity index (χ3n) is 9.64. The molecule has 2 aliphatic rings. The van der Waals surface area contributed by atoms with Gasteiger partial charge in [0, 0.05) is 73.7 Å². The Balaban J connectivity index is 1.17. The second kappa shape index (κ2) is 16.9. The lowest BCUT2D eigenvalue weighted by atomic mass is 9.90. The van der Waals surface area contributed by atoms with Crippen LogP contribution >= 0.6 is 15.9 Å². The molecule has 2 aromatic carbocycles. The normalized spacial score (nSPS) is 12.2. The summed E-state index contributed by atoms with van der Waals surface area (Å²) in [6, 6.07) is 18.8. The molecule has 4 heterocycles. The van der Waals surface area contributed by atoms with Gasteiger partial charge < -0.3 is 19.3 Å². The first kappa shape index (κ1) is 38.5. The molecule has 56 heavy (non-hydrogen) atoms. The molecule has 0 bridgehead atoms. The van der Waals surface area contributed by atoms with Crippen LogP contribution in [-0.4, -0.2) is 64.8 Å². The van der Waals surface area contributed by atoms with Crippen LogP contribution in [-0.2, 0) is 22.6 Å². The highest BCUT2D eigenvalue weighted by Crippen LogP contribution is 2.40. The van der Waals surface area contributed by atoms with Crippen molar-refractivity contribution < 1.29 is 19.3 Å². The third kappa shape index (κ3) is 7.70. The molecule has 1 aliphatic heterocycles. The zero-order valence-corrected chi connectivity index (χ0v) is 32.8. The van der Waals surface area contributed by atoms with Gasteiger partial charge in [-0.2, -0.15) is 0 Å². The Kier molecular flexibility index (Phi) is 11.7. The summed E-state index contributed by atoms with van der Waals surface area (Å²) in [6.07, 6.45) is 8.55. The van der Waals surface area contributed by atoms with Gasteiger partial charge in [-0.05, 0) is 88.8 Å². The monoisotopic (exact) mass is 817 g/mol. The molecule has 0 saturated heterocycles. The highest BCUT2D eigenvalue weighted by Gasteiger charge is 2.28. The first-order chi connectivity index (χ1) is 27.2. The van der Waals surface area contributed by atoms with Crippen molar-refractivity contribution in [3.63, 3.8) is 0 Å². The Morgan fingerprint density at radius 1 is 0.750 bits per heavy atom. The van der Waals surface area contributed by atoms with Crippen molar-refractivity contribution >= 4 is 49.6 Å². The van der Waals surface area contributed by atoms with Crippen LogP contribution in [0.4, 0.5) is 0 Å². The van der Waals surface area contributed by atoms with Gasteiger partial charge in [-0.15, -0.1) is 0 Å². The molecule has 3 aromatic heterocycles. The summed E-state index contributed by atoms with van der Waals surface area (Å²) in [4.78, 5) is 55.7. The van der Waals surface area contributed by atoms with Gasteiger partial charge in [0.05, 0.1) is 39.6 Å². The molecule has 13 heteroatoms. The van der Waals surface area contributed by atoms with Crippen LogP contribution in [0.2, 0.25) is 0 Å². The van der Waals surface area contributed by atoms with E-state index in [1.165, 1.54) is 9.13 Å². The van der Waals surface area contributed by atoms with Gasteiger partial charge in [0.15, 0.2) is 0 Å². The van der Waals surface area contributed by atoms with Crippen LogP contribution in [0, 0.1) is 6.92 Å². The zero-order chi connectivity index (χ0) is 39.3. The predicted octanol–water partition coefficient (Wildman–Crippen LogP) is 6.11. The van der Waals surface area contributed by atoms with E-state index < -0.39 is 16.7 Å². The summed E-state index contributed by atoms with van der Waals surface area (Å²) in [6.45, 7) is 3.44. The van der Waals surface area contributed by atoms with Crippen molar-refractivity contribution in [2.45, 2.75) is 32.9 Å². The Labute approximate surface area is 330 Å². The number of rotatable bonds is 15. The number of nitrogens with zero attached hydrogens (tertiary/aromatic N) is 5. The third-order valence-corrected chi connectivity index (χ3v) is 10.3. The van der Waals surface area contributed by atoms with E-state index in [0.29, 0.717) is 52.6 Å². The molecule has 7 rings (SSSR count). The number of methoxy groups -OCH3 is 2. The van der Waals surface area contributed by atoms with Gasteiger partial charge in [-0.3, -0.25) is 38.5 Å². The van der Waals surface area contributed by atoms with Crippen LogP contribution in [0.15, 0.2) is 96.9 Å². The second-order valence-corrected chi connectivity index (χ2v) is 14.3. The van der Waals surface area contributed by atoms with Crippen LogP contribution in [0.3, 0.4) is 0 Å². The molecule has 5 aromatic rings. The van der Waals surface area contributed by atoms with Crippen molar-refractivity contribution in [3.8, 4) is 34.1 Å².